The van der Waals surface area contributed by atoms with Crippen LogP contribution in [0.5, 0.6) is 0 Å². The Morgan fingerprint density at radius 2 is 1.88 bits per heavy atom. The van der Waals surface area contributed by atoms with Gasteiger partial charge in [-0.3, -0.25) is 9.52 Å². The zero-order valence-electron chi connectivity index (χ0n) is 19.2. The van der Waals surface area contributed by atoms with Crippen molar-refractivity contribution in [3.05, 3.63) is 82.7 Å². The van der Waals surface area contributed by atoms with Gasteiger partial charge < -0.3 is 14.1 Å². The Morgan fingerprint density at radius 1 is 1.12 bits per heavy atom. The van der Waals surface area contributed by atoms with Gasteiger partial charge in [-0.15, -0.1) is 0 Å². The van der Waals surface area contributed by atoms with Crippen molar-refractivity contribution in [2.75, 3.05) is 10.5 Å². The fourth-order valence-electron chi connectivity index (χ4n) is 4.28. The lowest BCUT2D eigenvalue weighted by Gasteiger charge is -2.13. The highest BCUT2D eigenvalue weighted by Gasteiger charge is 2.19. The number of aromatic amines is 1. The Morgan fingerprint density at radius 3 is 2.62 bits per heavy atom. The molecular weight excluding hydrogens is 450 g/mol. The molecule has 0 aliphatic rings. The van der Waals surface area contributed by atoms with Crippen molar-refractivity contribution in [1.29, 1.82) is 0 Å². The second-order valence-electron chi connectivity index (χ2n) is 8.35. The zero-order chi connectivity index (χ0) is 24.0. The molecule has 0 aliphatic heterocycles. The maximum absolute atomic E-state index is 12.6. The Kier molecular flexibility index (Phi) is 5.28. The SMILES string of the molecule is CCS(=O)(=O)Nc1cc(-c2cn(C)c(=O)c3[nH]ccc23)cc2c1nc(C)n2Cc1ccccc1. The van der Waals surface area contributed by atoms with E-state index in [-0.39, 0.29) is 11.3 Å². The van der Waals surface area contributed by atoms with Crippen LogP contribution in [0.15, 0.2) is 65.7 Å². The third-order valence-electron chi connectivity index (χ3n) is 6.08. The molecular formula is C25H25N5O3S. The summed E-state index contributed by atoms with van der Waals surface area (Å²) < 4.78 is 31.4. The molecule has 3 aromatic heterocycles. The summed E-state index contributed by atoms with van der Waals surface area (Å²) in [5.41, 5.74) is 4.92. The molecule has 8 nitrogen and oxygen atoms in total. The van der Waals surface area contributed by atoms with Crippen LogP contribution in [0.1, 0.15) is 18.3 Å². The first kappa shape index (κ1) is 22.0. The molecule has 5 rings (SSSR count). The third kappa shape index (κ3) is 3.77. The highest BCUT2D eigenvalue weighted by atomic mass is 32.2. The predicted octanol–water partition coefficient (Wildman–Crippen LogP) is 4.00. The summed E-state index contributed by atoms with van der Waals surface area (Å²) in [5.74, 6) is 0.727. The van der Waals surface area contributed by atoms with E-state index in [4.69, 9.17) is 4.98 Å². The average molecular weight is 476 g/mol. The summed E-state index contributed by atoms with van der Waals surface area (Å²) in [6.45, 7) is 4.11. The highest BCUT2D eigenvalue weighted by molar-refractivity contribution is 7.92. The number of H-pyrrole nitrogens is 1. The zero-order valence-corrected chi connectivity index (χ0v) is 20.0. The largest absolute Gasteiger partial charge is 0.357 e. The molecule has 0 radical (unpaired) electrons. The van der Waals surface area contributed by atoms with Gasteiger partial charge in [0.25, 0.3) is 5.56 Å². The van der Waals surface area contributed by atoms with E-state index in [1.54, 1.807) is 32.4 Å². The van der Waals surface area contributed by atoms with Crippen molar-refractivity contribution in [2.24, 2.45) is 7.05 Å². The lowest BCUT2D eigenvalue weighted by molar-refractivity contribution is 0.602. The smallest absolute Gasteiger partial charge is 0.274 e. The van der Waals surface area contributed by atoms with Gasteiger partial charge in [0.1, 0.15) is 16.9 Å². The third-order valence-corrected chi connectivity index (χ3v) is 7.37. The van der Waals surface area contributed by atoms with Crippen molar-refractivity contribution in [2.45, 2.75) is 20.4 Å². The molecule has 9 heteroatoms. The number of hydrogen-bond acceptors (Lipinski definition) is 4. The van der Waals surface area contributed by atoms with Crippen LogP contribution in [0.2, 0.25) is 0 Å². The number of aromatic nitrogens is 4. The van der Waals surface area contributed by atoms with Crippen molar-refractivity contribution in [3.8, 4) is 11.1 Å². The Balaban J connectivity index is 1.80. The Labute approximate surface area is 196 Å². The van der Waals surface area contributed by atoms with Crippen LogP contribution in [0, 0.1) is 6.92 Å². The lowest BCUT2D eigenvalue weighted by Crippen LogP contribution is -2.17. The summed E-state index contributed by atoms with van der Waals surface area (Å²) in [5, 5.41) is 0.776. The van der Waals surface area contributed by atoms with E-state index in [0.717, 1.165) is 33.4 Å². The number of aryl methyl sites for hydroxylation is 2. The minimum Gasteiger partial charge on any atom is -0.357 e. The molecule has 0 fully saturated rings. The fourth-order valence-corrected chi connectivity index (χ4v) is 4.91. The van der Waals surface area contributed by atoms with E-state index in [2.05, 4.69) is 14.3 Å². The molecule has 0 saturated carbocycles. The molecule has 5 aromatic rings. The summed E-state index contributed by atoms with van der Waals surface area (Å²) in [6, 6.07) is 15.7. The van der Waals surface area contributed by atoms with Crippen LogP contribution in [0.4, 0.5) is 5.69 Å². The van der Waals surface area contributed by atoms with Gasteiger partial charge in [0, 0.05) is 36.9 Å². The summed E-state index contributed by atoms with van der Waals surface area (Å²) in [4.78, 5) is 20.3. The fraction of sp³-hybridized carbons (Fsp3) is 0.200. The maximum Gasteiger partial charge on any atom is 0.274 e. The number of nitrogens with one attached hydrogen (secondary N) is 2. The van der Waals surface area contributed by atoms with Crippen LogP contribution >= 0.6 is 0 Å². The van der Waals surface area contributed by atoms with Gasteiger partial charge in [-0.25, -0.2) is 13.4 Å². The van der Waals surface area contributed by atoms with Gasteiger partial charge >= 0.3 is 0 Å². The van der Waals surface area contributed by atoms with Crippen LogP contribution in [0.3, 0.4) is 0 Å². The second kappa shape index (κ2) is 8.18. The van der Waals surface area contributed by atoms with Gasteiger partial charge in [-0.1, -0.05) is 30.3 Å². The number of hydrogen-bond donors (Lipinski definition) is 2. The monoisotopic (exact) mass is 475 g/mol. The predicted molar refractivity (Wildman–Crippen MR) is 136 cm³/mol. The van der Waals surface area contributed by atoms with Gasteiger partial charge in [-0.2, -0.15) is 0 Å². The van der Waals surface area contributed by atoms with Crippen molar-refractivity contribution in [1.82, 2.24) is 19.1 Å². The number of pyridine rings is 1. The number of sulfonamides is 1. The van der Waals surface area contributed by atoms with Crippen LogP contribution in [-0.4, -0.2) is 33.3 Å². The van der Waals surface area contributed by atoms with Gasteiger partial charge in [0.05, 0.1) is 17.0 Å². The number of rotatable bonds is 6. The van der Waals surface area contributed by atoms with Crippen LogP contribution < -0.4 is 10.3 Å². The minimum atomic E-state index is -3.53. The van der Waals surface area contributed by atoms with E-state index >= 15 is 0 Å². The molecule has 174 valence electrons. The summed E-state index contributed by atoms with van der Waals surface area (Å²) >= 11 is 0. The summed E-state index contributed by atoms with van der Waals surface area (Å²) in [6.07, 6.45) is 3.52. The van der Waals surface area contributed by atoms with Crippen LogP contribution in [-0.2, 0) is 23.6 Å². The Hall–Kier alpha value is -3.85. The molecule has 0 unspecified atom stereocenters. The van der Waals surface area contributed by atoms with E-state index in [9.17, 15) is 13.2 Å². The molecule has 0 bridgehead atoms. The number of anilines is 1. The van der Waals surface area contributed by atoms with Crippen molar-refractivity contribution >= 4 is 37.6 Å². The molecule has 0 saturated heterocycles. The lowest BCUT2D eigenvalue weighted by atomic mass is 10.0. The number of imidazole rings is 1. The first-order valence-electron chi connectivity index (χ1n) is 11.0. The molecule has 0 atom stereocenters. The standard InChI is InChI=1S/C25H25N5O3S/c1-4-34(32,33)28-21-12-18(20-15-29(3)25(31)23-19(20)10-11-26-23)13-22-24(21)27-16(2)30(22)14-17-8-6-5-7-9-17/h5-13,15,26,28H,4,14H2,1-3H3. The van der Waals surface area contributed by atoms with Gasteiger partial charge in [0.15, 0.2) is 0 Å². The van der Waals surface area contributed by atoms with E-state index in [1.807, 2.05) is 49.4 Å². The normalized spacial score (nSPS) is 12.0. The molecule has 3 heterocycles. The first-order chi connectivity index (χ1) is 16.3. The molecule has 2 N–H and O–H groups in total. The molecule has 0 amide bonds. The van der Waals surface area contributed by atoms with Gasteiger partial charge in [-0.05, 0) is 43.2 Å². The van der Waals surface area contributed by atoms with Crippen molar-refractivity contribution in [3.63, 3.8) is 0 Å². The average Bonchev–Trinajstić information content (AvgIpc) is 3.43. The minimum absolute atomic E-state index is 0.0513. The van der Waals surface area contributed by atoms with E-state index in [1.165, 1.54) is 4.57 Å². The first-order valence-corrected chi connectivity index (χ1v) is 12.6. The van der Waals surface area contributed by atoms with Crippen LogP contribution in [0.25, 0.3) is 33.1 Å². The van der Waals surface area contributed by atoms with E-state index in [0.29, 0.717) is 23.3 Å². The molecule has 2 aromatic carbocycles. The Bertz CT molecular complexity index is 1700. The van der Waals surface area contributed by atoms with E-state index < -0.39 is 10.0 Å². The number of nitrogens with zero attached hydrogens (tertiary/aromatic N) is 3. The number of fused-ring (bicyclic) bond motifs is 2. The number of benzene rings is 2. The summed E-state index contributed by atoms with van der Waals surface area (Å²) in [7, 11) is -1.83. The molecule has 34 heavy (non-hydrogen) atoms. The topological polar surface area (TPSA) is 102 Å². The molecule has 0 aliphatic carbocycles. The maximum atomic E-state index is 12.6. The second-order valence-corrected chi connectivity index (χ2v) is 10.4. The van der Waals surface area contributed by atoms with Gasteiger partial charge in [0.2, 0.25) is 10.0 Å². The molecule has 0 spiro atoms. The van der Waals surface area contributed by atoms with Crippen molar-refractivity contribution < 1.29 is 8.42 Å². The highest BCUT2D eigenvalue weighted by Crippen LogP contribution is 2.35. The quantitative estimate of drug-likeness (QED) is 0.387.